The number of hydrogen-bond donors (Lipinski definition) is 0. The van der Waals surface area contributed by atoms with Crippen molar-refractivity contribution in [1.82, 2.24) is 0 Å². The Hall–Kier alpha value is -1.32. The molecule has 17 heavy (non-hydrogen) atoms. The zero-order valence-corrected chi connectivity index (χ0v) is 11.3. The summed E-state index contributed by atoms with van der Waals surface area (Å²) in [5, 5.41) is 0. The maximum absolute atomic E-state index is 11.7. The van der Waals surface area contributed by atoms with Crippen molar-refractivity contribution in [3.05, 3.63) is 11.6 Å². The fourth-order valence-corrected chi connectivity index (χ4v) is 0.955. The van der Waals surface area contributed by atoms with Gasteiger partial charge in [0.15, 0.2) is 0 Å². The molecule has 0 saturated heterocycles. The van der Waals surface area contributed by atoms with Crippen LogP contribution in [0.3, 0.4) is 0 Å². The number of hydrogen-bond acceptors (Lipinski definition) is 4. The predicted molar refractivity (Wildman–Crippen MR) is 65.5 cm³/mol. The number of rotatable bonds is 6. The Bertz CT molecular complexity index is 303. The molecule has 0 saturated carbocycles. The fourth-order valence-electron chi connectivity index (χ4n) is 0.955. The third kappa shape index (κ3) is 5.52. The first kappa shape index (κ1) is 15.7. The second kappa shape index (κ2) is 7.09. The summed E-state index contributed by atoms with van der Waals surface area (Å²) >= 11 is 0. The van der Waals surface area contributed by atoms with Gasteiger partial charge in [-0.3, -0.25) is 0 Å². The van der Waals surface area contributed by atoms with E-state index in [9.17, 15) is 9.59 Å². The highest BCUT2D eigenvalue weighted by atomic mass is 16.6. The highest BCUT2D eigenvalue weighted by Gasteiger charge is 2.33. The molecule has 0 aliphatic rings. The molecule has 0 aliphatic heterocycles. The Labute approximate surface area is 103 Å². The Morgan fingerprint density at radius 1 is 1.29 bits per heavy atom. The van der Waals surface area contributed by atoms with E-state index in [1.165, 1.54) is 13.8 Å². The summed E-state index contributed by atoms with van der Waals surface area (Å²) in [6, 6.07) is 0. The molecule has 0 aliphatic carbocycles. The van der Waals surface area contributed by atoms with Gasteiger partial charge in [-0.05, 0) is 34.1 Å². The van der Waals surface area contributed by atoms with Crippen molar-refractivity contribution >= 4 is 11.9 Å². The van der Waals surface area contributed by atoms with E-state index >= 15 is 0 Å². The minimum absolute atomic E-state index is 0.360. The van der Waals surface area contributed by atoms with E-state index in [4.69, 9.17) is 9.47 Å². The average Bonchev–Trinajstić information content (AvgIpc) is 2.27. The highest BCUT2D eigenvalue weighted by molar-refractivity contribution is 5.91. The molecule has 98 valence electrons. The van der Waals surface area contributed by atoms with Gasteiger partial charge in [0.1, 0.15) is 0 Å². The van der Waals surface area contributed by atoms with Crippen molar-refractivity contribution < 1.29 is 19.1 Å². The van der Waals surface area contributed by atoms with Gasteiger partial charge in [0, 0.05) is 5.57 Å². The monoisotopic (exact) mass is 242 g/mol. The minimum atomic E-state index is -1.24. The minimum Gasteiger partial charge on any atom is -0.463 e. The van der Waals surface area contributed by atoms with Gasteiger partial charge in [-0.1, -0.05) is 19.4 Å². The molecule has 0 aromatic carbocycles. The van der Waals surface area contributed by atoms with Crippen LogP contribution in [0.5, 0.6) is 0 Å². The molecular formula is C13H22O4. The number of unbranched alkanes of at least 4 members (excludes halogenated alkanes) is 1. The summed E-state index contributed by atoms with van der Waals surface area (Å²) in [7, 11) is 0. The van der Waals surface area contributed by atoms with Crippen LogP contribution in [0.1, 0.15) is 47.5 Å². The smallest absolute Gasteiger partial charge is 0.350 e. The van der Waals surface area contributed by atoms with Gasteiger partial charge in [0.05, 0.1) is 6.61 Å². The lowest BCUT2D eigenvalue weighted by molar-refractivity contribution is -0.176. The summed E-state index contributed by atoms with van der Waals surface area (Å²) in [4.78, 5) is 23.2. The maximum atomic E-state index is 11.7. The number of allylic oxidation sites excluding steroid dienone is 1. The Morgan fingerprint density at radius 2 is 1.88 bits per heavy atom. The van der Waals surface area contributed by atoms with Gasteiger partial charge in [0.2, 0.25) is 5.60 Å². The van der Waals surface area contributed by atoms with E-state index in [0.717, 1.165) is 12.8 Å². The highest BCUT2D eigenvalue weighted by Crippen LogP contribution is 2.14. The van der Waals surface area contributed by atoms with Crippen molar-refractivity contribution in [2.24, 2.45) is 0 Å². The Balaban J connectivity index is 4.36. The summed E-state index contributed by atoms with van der Waals surface area (Å²) in [5.74, 6) is -1.01. The number of ether oxygens (including phenoxy) is 2. The van der Waals surface area contributed by atoms with E-state index < -0.39 is 17.5 Å². The zero-order valence-electron chi connectivity index (χ0n) is 11.3. The molecule has 0 aromatic rings. The summed E-state index contributed by atoms with van der Waals surface area (Å²) in [6.07, 6.45) is 3.40. The molecule has 0 atom stereocenters. The van der Waals surface area contributed by atoms with Gasteiger partial charge >= 0.3 is 11.9 Å². The molecule has 0 spiro atoms. The van der Waals surface area contributed by atoms with Gasteiger partial charge in [0.25, 0.3) is 0 Å². The van der Waals surface area contributed by atoms with Gasteiger partial charge in [-0.25, -0.2) is 9.59 Å². The van der Waals surface area contributed by atoms with Crippen LogP contribution in [0.15, 0.2) is 11.6 Å². The molecule has 0 N–H and O–H groups in total. The van der Waals surface area contributed by atoms with Crippen LogP contribution in [-0.2, 0) is 19.1 Å². The summed E-state index contributed by atoms with van der Waals surface area (Å²) in [5.41, 5.74) is -0.769. The van der Waals surface area contributed by atoms with E-state index in [2.05, 4.69) is 0 Å². The van der Waals surface area contributed by atoms with Gasteiger partial charge in [-0.2, -0.15) is 0 Å². The van der Waals surface area contributed by atoms with E-state index in [0.29, 0.717) is 12.2 Å². The number of esters is 2. The second-order valence-corrected chi connectivity index (χ2v) is 4.36. The molecule has 0 unspecified atom stereocenters. The summed E-state index contributed by atoms with van der Waals surface area (Å²) < 4.78 is 10.1. The lowest BCUT2D eigenvalue weighted by atomic mass is 10.1. The predicted octanol–water partition coefficient (Wildman–Crippen LogP) is 2.62. The van der Waals surface area contributed by atoms with Crippen molar-refractivity contribution in [2.75, 3.05) is 6.61 Å². The second-order valence-electron chi connectivity index (χ2n) is 4.36. The van der Waals surface area contributed by atoms with Crippen LogP contribution in [0.4, 0.5) is 0 Å². The number of carbonyl (C=O) groups excluding carboxylic acids is 2. The summed E-state index contributed by atoms with van der Waals surface area (Å²) in [6.45, 7) is 8.81. The molecular weight excluding hydrogens is 220 g/mol. The van der Waals surface area contributed by atoms with Crippen LogP contribution in [0.25, 0.3) is 0 Å². The van der Waals surface area contributed by atoms with Crippen molar-refractivity contribution in [1.29, 1.82) is 0 Å². The van der Waals surface area contributed by atoms with Crippen molar-refractivity contribution in [2.45, 2.75) is 53.1 Å². The third-order valence-corrected chi connectivity index (χ3v) is 2.33. The van der Waals surface area contributed by atoms with E-state index in [-0.39, 0.29) is 0 Å². The van der Waals surface area contributed by atoms with Crippen LogP contribution >= 0.6 is 0 Å². The average molecular weight is 242 g/mol. The van der Waals surface area contributed by atoms with Crippen LogP contribution in [0, 0.1) is 0 Å². The first-order valence-corrected chi connectivity index (χ1v) is 5.88. The maximum Gasteiger partial charge on any atom is 0.350 e. The lowest BCUT2D eigenvalue weighted by Crippen LogP contribution is -2.39. The van der Waals surface area contributed by atoms with Crippen LogP contribution < -0.4 is 0 Å². The molecule has 4 heteroatoms. The standard InChI is InChI=1S/C13H22O4/c1-6-8-9-16-12(15)13(4,5)17-11(14)10(3)7-2/h7H,6,8-9H2,1-5H3. The molecule has 0 heterocycles. The largest absolute Gasteiger partial charge is 0.463 e. The van der Waals surface area contributed by atoms with Crippen molar-refractivity contribution in [3.8, 4) is 0 Å². The lowest BCUT2D eigenvalue weighted by Gasteiger charge is -2.23. The molecule has 0 radical (unpaired) electrons. The SMILES string of the molecule is CC=C(C)C(=O)OC(C)(C)C(=O)OCCCC. The van der Waals surface area contributed by atoms with Crippen LogP contribution in [-0.4, -0.2) is 24.1 Å². The Morgan fingerprint density at radius 3 is 2.35 bits per heavy atom. The van der Waals surface area contributed by atoms with E-state index in [1.807, 2.05) is 6.92 Å². The Kier molecular flexibility index (Phi) is 6.54. The van der Waals surface area contributed by atoms with Gasteiger partial charge < -0.3 is 9.47 Å². The van der Waals surface area contributed by atoms with Crippen molar-refractivity contribution in [3.63, 3.8) is 0 Å². The molecule has 0 aromatic heterocycles. The number of carbonyl (C=O) groups is 2. The fraction of sp³-hybridized carbons (Fsp3) is 0.692. The zero-order chi connectivity index (χ0) is 13.5. The first-order valence-electron chi connectivity index (χ1n) is 5.88. The normalized spacial score (nSPS) is 12.2. The van der Waals surface area contributed by atoms with Crippen LogP contribution in [0.2, 0.25) is 0 Å². The van der Waals surface area contributed by atoms with E-state index in [1.54, 1.807) is 19.9 Å². The molecule has 4 nitrogen and oxygen atoms in total. The first-order chi connectivity index (χ1) is 7.85. The quantitative estimate of drug-likeness (QED) is 0.408. The third-order valence-electron chi connectivity index (χ3n) is 2.33. The van der Waals surface area contributed by atoms with Gasteiger partial charge in [-0.15, -0.1) is 0 Å². The molecule has 0 rings (SSSR count). The molecule has 0 fully saturated rings. The topological polar surface area (TPSA) is 52.6 Å². The molecule has 0 bridgehead atoms. The molecule has 0 amide bonds.